The van der Waals surface area contributed by atoms with Gasteiger partial charge in [0.25, 0.3) is 0 Å². The van der Waals surface area contributed by atoms with Gasteiger partial charge in [0, 0.05) is 34.2 Å². The summed E-state index contributed by atoms with van der Waals surface area (Å²) in [6, 6.07) is 42.4. The third-order valence-corrected chi connectivity index (χ3v) is 11.4. The number of carbonyl (C=O) groups is 2. The van der Waals surface area contributed by atoms with Crippen LogP contribution in [0.25, 0.3) is 11.1 Å². The first-order valence-corrected chi connectivity index (χ1v) is 19.6. The van der Waals surface area contributed by atoms with E-state index >= 15 is 0 Å². The fraction of sp³-hybridized carbons (Fsp3) is 0.319. The Morgan fingerprint density at radius 1 is 0.642 bits per heavy atom. The lowest BCUT2D eigenvalue weighted by molar-refractivity contribution is -0.153. The van der Waals surface area contributed by atoms with Gasteiger partial charge in [-0.15, -0.1) is 0 Å². The number of carbonyl (C=O) groups excluding carboxylic acids is 2. The van der Waals surface area contributed by atoms with Crippen LogP contribution in [0.3, 0.4) is 0 Å². The van der Waals surface area contributed by atoms with Gasteiger partial charge < -0.3 is 14.8 Å². The lowest BCUT2D eigenvalue weighted by Gasteiger charge is -2.36. The summed E-state index contributed by atoms with van der Waals surface area (Å²) >= 11 is 6.94. The van der Waals surface area contributed by atoms with Crippen LogP contribution in [0.1, 0.15) is 109 Å². The average molecular weight is 726 g/mol. The SMILES string of the molecule is O=C(CCNC(=O)OCC1c2ccccc2-c2ccccc21)OC(c1ccccc1)(c1ccc(C2CCCCCCCCC2)cc1)c1ccccc1Cl. The monoisotopic (exact) mass is 725 g/mol. The summed E-state index contributed by atoms with van der Waals surface area (Å²) in [5.74, 6) is -0.00280. The Morgan fingerprint density at radius 3 is 1.83 bits per heavy atom. The maximum atomic E-state index is 13.9. The number of fused-ring (bicyclic) bond motifs is 3. The lowest BCUT2D eigenvalue weighted by atomic mass is 9.78. The van der Waals surface area contributed by atoms with E-state index in [4.69, 9.17) is 21.1 Å². The molecular weight excluding hydrogens is 678 g/mol. The number of hydrogen-bond acceptors (Lipinski definition) is 4. The van der Waals surface area contributed by atoms with E-state index in [1.54, 1.807) is 0 Å². The van der Waals surface area contributed by atoms with Crippen molar-refractivity contribution >= 4 is 23.7 Å². The van der Waals surface area contributed by atoms with Crippen molar-refractivity contribution in [2.24, 2.45) is 0 Å². The summed E-state index contributed by atoms with van der Waals surface area (Å²) in [5.41, 5.74) is 6.92. The van der Waals surface area contributed by atoms with Crippen molar-refractivity contribution in [3.05, 3.63) is 166 Å². The molecule has 0 heterocycles. The molecular formula is C47H48ClNO4. The summed E-state index contributed by atoms with van der Waals surface area (Å²) in [7, 11) is 0. The van der Waals surface area contributed by atoms with E-state index in [2.05, 4.69) is 53.8 Å². The molecule has 0 saturated heterocycles. The minimum atomic E-state index is -1.31. The van der Waals surface area contributed by atoms with Crippen LogP contribution in [0.4, 0.5) is 4.79 Å². The van der Waals surface area contributed by atoms with Crippen LogP contribution in [0.2, 0.25) is 5.02 Å². The van der Waals surface area contributed by atoms with Crippen molar-refractivity contribution < 1.29 is 19.1 Å². The molecule has 0 spiro atoms. The van der Waals surface area contributed by atoms with Crippen LogP contribution < -0.4 is 5.32 Å². The number of ether oxygens (including phenoxy) is 2. The molecule has 1 unspecified atom stereocenters. The molecule has 1 N–H and O–H groups in total. The van der Waals surface area contributed by atoms with Gasteiger partial charge in [0.05, 0.1) is 6.42 Å². The van der Waals surface area contributed by atoms with Gasteiger partial charge in [-0.2, -0.15) is 0 Å². The molecule has 5 aromatic carbocycles. The number of nitrogens with one attached hydrogen (secondary N) is 1. The molecule has 53 heavy (non-hydrogen) atoms. The molecule has 1 saturated carbocycles. The summed E-state index contributed by atoms with van der Waals surface area (Å²) in [4.78, 5) is 26.8. The lowest BCUT2D eigenvalue weighted by Crippen LogP contribution is -2.37. The van der Waals surface area contributed by atoms with Crippen molar-refractivity contribution in [1.82, 2.24) is 5.32 Å². The highest BCUT2D eigenvalue weighted by molar-refractivity contribution is 6.31. The Bertz CT molecular complexity index is 1940. The third kappa shape index (κ3) is 8.21. The molecule has 1 amide bonds. The Balaban J connectivity index is 1.08. The van der Waals surface area contributed by atoms with Crippen molar-refractivity contribution in [2.75, 3.05) is 13.2 Å². The normalized spacial score (nSPS) is 16.1. The quantitative estimate of drug-likeness (QED) is 0.115. The van der Waals surface area contributed by atoms with Crippen LogP contribution in [-0.4, -0.2) is 25.2 Å². The average Bonchev–Trinajstić information content (AvgIpc) is 3.52. The number of rotatable bonds is 10. The highest BCUT2D eigenvalue weighted by Crippen LogP contribution is 2.46. The molecule has 2 aliphatic carbocycles. The molecule has 5 aromatic rings. The smallest absolute Gasteiger partial charge is 0.407 e. The summed E-state index contributed by atoms with van der Waals surface area (Å²) in [5, 5.41) is 3.27. The highest BCUT2D eigenvalue weighted by atomic mass is 35.5. The van der Waals surface area contributed by atoms with Crippen molar-refractivity contribution in [1.29, 1.82) is 0 Å². The molecule has 0 aromatic heterocycles. The maximum Gasteiger partial charge on any atom is 0.407 e. The third-order valence-electron chi connectivity index (χ3n) is 11.0. The molecule has 0 bridgehead atoms. The second-order valence-corrected chi connectivity index (χ2v) is 14.8. The summed E-state index contributed by atoms with van der Waals surface area (Å²) in [6.07, 6.45) is 10.9. The van der Waals surface area contributed by atoms with Crippen molar-refractivity contribution in [3.8, 4) is 11.1 Å². The summed E-state index contributed by atoms with van der Waals surface area (Å²) < 4.78 is 12.3. The van der Waals surface area contributed by atoms with Crippen LogP contribution >= 0.6 is 11.6 Å². The standard InChI is InChI=1S/C47H48ClNO4/c48-44-26-16-15-25-43(44)47(36-19-9-6-10-20-36,37-29-27-35(28-30-37)34-17-7-4-2-1-3-5-8-18-34)53-45(50)31-32-49-46(51)52-33-42-40-23-13-11-21-38(40)39-22-12-14-24-41(39)42/h6,9-16,19-30,34,42H,1-5,7-8,17-18,31-33H2,(H,49,51). The zero-order valence-electron chi connectivity index (χ0n) is 30.3. The minimum absolute atomic E-state index is 0.0484. The predicted octanol–water partition coefficient (Wildman–Crippen LogP) is 11.7. The van der Waals surface area contributed by atoms with Gasteiger partial charge in [0.15, 0.2) is 5.60 Å². The fourth-order valence-electron chi connectivity index (χ4n) is 8.34. The first-order valence-electron chi connectivity index (χ1n) is 19.3. The summed E-state index contributed by atoms with van der Waals surface area (Å²) in [6.45, 7) is 0.258. The topological polar surface area (TPSA) is 64.6 Å². The number of esters is 1. The Labute approximate surface area is 318 Å². The van der Waals surface area contributed by atoms with E-state index in [1.165, 1.54) is 74.5 Å². The van der Waals surface area contributed by atoms with Gasteiger partial charge in [-0.25, -0.2) is 4.79 Å². The first kappa shape index (κ1) is 36.5. The zero-order valence-corrected chi connectivity index (χ0v) is 31.0. The molecule has 0 aliphatic heterocycles. The molecule has 272 valence electrons. The van der Waals surface area contributed by atoms with E-state index < -0.39 is 17.7 Å². The van der Waals surface area contributed by atoms with Crippen molar-refractivity contribution in [3.63, 3.8) is 0 Å². The molecule has 5 nitrogen and oxygen atoms in total. The van der Waals surface area contributed by atoms with Gasteiger partial charge in [-0.3, -0.25) is 4.79 Å². The van der Waals surface area contributed by atoms with Gasteiger partial charge in [-0.1, -0.05) is 178 Å². The molecule has 7 rings (SSSR count). The van der Waals surface area contributed by atoms with E-state index in [0.717, 1.165) is 22.3 Å². The molecule has 1 fully saturated rings. The molecule has 2 aliphatic rings. The number of hydrogen-bond donors (Lipinski definition) is 1. The number of alkyl carbamates (subject to hydrolysis) is 1. The van der Waals surface area contributed by atoms with Gasteiger partial charge >= 0.3 is 12.1 Å². The minimum Gasteiger partial charge on any atom is -0.449 e. The van der Waals surface area contributed by atoms with Gasteiger partial charge in [0.1, 0.15) is 6.61 Å². The van der Waals surface area contributed by atoms with E-state index in [-0.39, 0.29) is 25.5 Å². The highest BCUT2D eigenvalue weighted by Gasteiger charge is 2.42. The Morgan fingerprint density at radius 2 is 1.19 bits per heavy atom. The van der Waals surface area contributed by atoms with E-state index in [1.807, 2.05) is 78.9 Å². The molecule has 1 atom stereocenters. The second-order valence-electron chi connectivity index (χ2n) is 14.4. The first-order chi connectivity index (χ1) is 26.0. The zero-order chi connectivity index (χ0) is 36.5. The van der Waals surface area contributed by atoms with Gasteiger partial charge in [0.2, 0.25) is 0 Å². The second kappa shape index (κ2) is 17.3. The van der Waals surface area contributed by atoms with Crippen LogP contribution in [-0.2, 0) is 19.9 Å². The number of amides is 1. The Hall–Kier alpha value is -4.87. The number of halogens is 1. The maximum absolute atomic E-state index is 13.9. The largest absolute Gasteiger partial charge is 0.449 e. The van der Waals surface area contributed by atoms with Crippen LogP contribution in [0, 0.1) is 0 Å². The molecule has 0 radical (unpaired) electrons. The van der Waals surface area contributed by atoms with Crippen LogP contribution in [0.15, 0.2) is 127 Å². The van der Waals surface area contributed by atoms with E-state index in [9.17, 15) is 9.59 Å². The van der Waals surface area contributed by atoms with E-state index in [0.29, 0.717) is 16.5 Å². The van der Waals surface area contributed by atoms with Gasteiger partial charge in [-0.05, 0) is 52.6 Å². The Kier molecular flexibility index (Phi) is 11.9. The van der Waals surface area contributed by atoms with Crippen molar-refractivity contribution in [2.45, 2.75) is 81.6 Å². The number of benzene rings is 5. The fourth-order valence-corrected chi connectivity index (χ4v) is 8.61. The van der Waals surface area contributed by atoms with Crippen LogP contribution in [0.5, 0.6) is 0 Å². The molecule has 6 heteroatoms. The predicted molar refractivity (Wildman–Crippen MR) is 212 cm³/mol.